The van der Waals surface area contributed by atoms with Crippen molar-refractivity contribution in [1.29, 1.82) is 5.26 Å². The molecule has 0 atom stereocenters. The fourth-order valence-corrected chi connectivity index (χ4v) is 1.61. The molecule has 0 unspecified atom stereocenters. The van der Waals surface area contributed by atoms with Gasteiger partial charge in [0.1, 0.15) is 0 Å². The van der Waals surface area contributed by atoms with E-state index in [1.165, 1.54) is 13.0 Å². The number of aldehydes is 1. The Labute approximate surface area is 89.5 Å². The zero-order valence-corrected chi connectivity index (χ0v) is 8.96. The van der Waals surface area contributed by atoms with Crippen LogP contribution < -0.4 is 0 Å². The fraction of sp³-hybridized carbons (Fsp3) is 0.100. The lowest BCUT2D eigenvalue weighted by Gasteiger charge is -2.04. The SMILES string of the molecule is CC(=O)c1c(C#N)ccc(Br)c1C=O. The number of benzene rings is 1. The number of rotatable bonds is 2. The van der Waals surface area contributed by atoms with Crippen molar-refractivity contribution in [2.45, 2.75) is 6.92 Å². The maximum Gasteiger partial charge on any atom is 0.161 e. The highest BCUT2D eigenvalue weighted by molar-refractivity contribution is 9.10. The number of halogens is 1. The Morgan fingerprint density at radius 1 is 1.57 bits per heavy atom. The fourth-order valence-electron chi connectivity index (χ4n) is 1.18. The molecule has 0 N–H and O–H groups in total. The number of ketones is 1. The second-order valence-corrected chi connectivity index (χ2v) is 3.52. The summed E-state index contributed by atoms with van der Waals surface area (Å²) in [5.74, 6) is -0.287. The lowest BCUT2D eigenvalue weighted by molar-refractivity contribution is 0.100. The molecule has 1 aromatic rings. The summed E-state index contributed by atoms with van der Waals surface area (Å²) in [4.78, 5) is 22.0. The number of hydrogen-bond acceptors (Lipinski definition) is 3. The smallest absolute Gasteiger partial charge is 0.161 e. The number of nitriles is 1. The topological polar surface area (TPSA) is 57.9 Å². The number of carbonyl (C=O) groups is 2. The van der Waals surface area contributed by atoms with Crippen LogP contribution in [-0.2, 0) is 0 Å². The standard InChI is InChI=1S/C10H6BrNO2/c1-6(14)10-7(4-12)2-3-9(11)8(10)5-13/h2-3,5H,1H3. The first-order chi connectivity index (χ1) is 6.61. The van der Waals surface area contributed by atoms with Crippen LogP contribution in [0.1, 0.15) is 33.2 Å². The van der Waals surface area contributed by atoms with Crippen LogP contribution in [0.3, 0.4) is 0 Å². The third kappa shape index (κ3) is 1.73. The summed E-state index contributed by atoms with van der Waals surface area (Å²) in [6.07, 6.45) is 0.571. The predicted molar refractivity (Wildman–Crippen MR) is 54.2 cm³/mol. The molecular formula is C10H6BrNO2. The Morgan fingerprint density at radius 2 is 2.21 bits per heavy atom. The quantitative estimate of drug-likeness (QED) is 0.599. The molecule has 1 rings (SSSR count). The Hall–Kier alpha value is -1.47. The molecule has 0 bridgehead atoms. The van der Waals surface area contributed by atoms with Crippen molar-refractivity contribution in [2.75, 3.05) is 0 Å². The van der Waals surface area contributed by atoms with Crippen LogP contribution in [0.15, 0.2) is 16.6 Å². The highest BCUT2D eigenvalue weighted by atomic mass is 79.9. The molecule has 0 aliphatic heterocycles. The predicted octanol–water partition coefficient (Wildman–Crippen LogP) is 2.34. The van der Waals surface area contributed by atoms with Gasteiger partial charge in [0.05, 0.1) is 11.6 Å². The molecule has 0 saturated carbocycles. The maximum atomic E-state index is 11.2. The number of hydrogen-bond donors (Lipinski definition) is 0. The highest BCUT2D eigenvalue weighted by Crippen LogP contribution is 2.22. The van der Waals surface area contributed by atoms with E-state index in [-0.39, 0.29) is 22.5 Å². The average molecular weight is 252 g/mol. The van der Waals surface area contributed by atoms with Gasteiger partial charge < -0.3 is 0 Å². The van der Waals surface area contributed by atoms with Gasteiger partial charge in [-0.3, -0.25) is 9.59 Å². The van der Waals surface area contributed by atoms with E-state index in [1.54, 1.807) is 6.07 Å². The van der Waals surface area contributed by atoms with E-state index >= 15 is 0 Å². The van der Waals surface area contributed by atoms with E-state index in [4.69, 9.17) is 5.26 Å². The van der Waals surface area contributed by atoms with Crippen molar-refractivity contribution in [2.24, 2.45) is 0 Å². The van der Waals surface area contributed by atoms with Crippen LogP contribution in [0, 0.1) is 11.3 Å². The Balaban J connectivity index is 3.62. The summed E-state index contributed by atoms with van der Waals surface area (Å²) in [6.45, 7) is 1.33. The first kappa shape index (κ1) is 10.6. The second kappa shape index (κ2) is 4.16. The molecule has 0 heterocycles. The van der Waals surface area contributed by atoms with Crippen LogP contribution in [0.2, 0.25) is 0 Å². The van der Waals surface area contributed by atoms with Crippen molar-refractivity contribution in [3.63, 3.8) is 0 Å². The van der Waals surface area contributed by atoms with Gasteiger partial charge in [-0.05, 0) is 19.1 Å². The Kier molecular flexibility index (Phi) is 3.15. The zero-order valence-electron chi connectivity index (χ0n) is 7.37. The van der Waals surface area contributed by atoms with Gasteiger partial charge >= 0.3 is 0 Å². The molecule has 0 amide bonds. The van der Waals surface area contributed by atoms with Crippen LogP contribution in [-0.4, -0.2) is 12.1 Å². The third-order valence-corrected chi connectivity index (χ3v) is 2.47. The van der Waals surface area contributed by atoms with Gasteiger partial charge in [-0.25, -0.2) is 0 Å². The normalized spacial score (nSPS) is 9.21. The Bertz CT molecular complexity index is 446. The molecule has 70 valence electrons. The van der Waals surface area contributed by atoms with E-state index in [1.807, 2.05) is 6.07 Å². The van der Waals surface area contributed by atoms with Gasteiger partial charge in [0, 0.05) is 15.6 Å². The van der Waals surface area contributed by atoms with Gasteiger partial charge in [0.15, 0.2) is 12.1 Å². The van der Waals surface area contributed by atoms with Crippen molar-refractivity contribution in [3.8, 4) is 6.07 Å². The number of Topliss-reactive ketones (excluding diaryl/α,β-unsaturated/α-hetero) is 1. The molecule has 14 heavy (non-hydrogen) atoms. The molecule has 4 heteroatoms. The van der Waals surface area contributed by atoms with Crippen LogP contribution in [0.25, 0.3) is 0 Å². The molecule has 1 aromatic carbocycles. The lowest BCUT2D eigenvalue weighted by atomic mass is 9.99. The second-order valence-electron chi connectivity index (χ2n) is 2.67. The van der Waals surface area contributed by atoms with Crippen LogP contribution >= 0.6 is 15.9 Å². The van der Waals surface area contributed by atoms with E-state index < -0.39 is 0 Å². The number of carbonyl (C=O) groups excluding carboxylic acids is 2. The van der Waals surface area contributed by atoms with Gasteiger partial charge in [0.2, 0.25) is 0 Å². The lowest BCUT2D eigenvalue weighted by Crippen LogP contribution is -2.03. The largest absolute Gasteiger partial charge is 0.298 e. The van der Waals surface area contributed by atoms with E-state index in [9.17, 15) is 9.59 Å². The molecule has 0 fully saturated rings. The van der Waals surface area contributed by atoms with Gasteiger partial charge in [-0.1, -0.05) is 15.9 Å². The molecule has 0 radical (unpaired) electrons. The zero-order chi connectivity index (χ0) is 10.7. The van der Waals surface area contributed by atoms with Crippen LogP contribution in [0.4, 0.5) is 0 Å². The van der Waals surface area contributed by atoms with Crippen molar-refractivity contribution in [3.05, 3.63) is 33.3 Å². The van der Waals surface area contributed by atoms with Crippen LogP contribution in [0.5, 0.6) is 0 Å². The molecule has 0 spiro atoms. The molecular weight excluding hydrogens is 246 g/mol. The minimum Gasteiger partial charge on any atom is -0.298 e. The minimum absolute atomic E-state index is 0.178. The Morgan fingerprint density at radius 3 is 2.64 bits per heavy atom. The molecule has 0 aliphatic rings. The molecule has 0 aliphatic carbocycles. The summed E-state index contributed by atoms with van der Waals surface area (Å²) in [6, 6.07) is 4.96. The minimum atomic E-state index is -0.287. The van der Waals surface area contributed by atoms with Gasteiger partial charge in [-0.15, -0.1) is 0 Å². The summed E-state index contributed by atoms with van der Waals surface area (Å²) in [5.41, 5.74) is 0.635. The van der Waals surface area contributed by atoms with E-state index in [0.29, 0.717) is 10.8 Å². The van der Waals surface area contributed by atoms with Crippen molar-refractivity contribution in [1.82, 2.24) is 0 Å². The first-order valence-corrected chi connectivity index (χ1v) is 4.59. The monoisotopic (exact) mass is 251 g/mol. The molecule has 3 nitrogen and oxygen atoms in total. The highest BCUT2D eigenvalue weighted by Gasteiger charge is 2.14. The van der Waals surface area contributed by atoms with Crippen molar-refractivity contribution < 1.29 is 9.59 Å². The van der Waals surface area contributed by atoms with Crippen molar-refractivity contribution >= 4 is 28.0 Å². The first-order valence-electron chi connectivity index (χ1n) is 3.80. The average Bonchev–Trinajstić information content (AvgIpc) is 2.17. The van der Waals surface area contributed by atoms with E-state index in [0.717, 1.165) is 0 Å². The summed E-state index contributed by atoms with van der Waals surface area (Å²) in [5, 5.41) is 8.74. The molecule has 0 aromatic heterocycles. The maximum absolute atomic E-state index is 11.2. The summed E-state index contributed by atoms with van der Waals surface area (Å²) in [7, 11) is 0. The summed E-state index contributed by atoms with van der Waals surface area (Å²) >= 11 is 3.15. The summed E-state index contributed by atoms with van der Waals surface area (Å²) < 4.78 is 0.525. The number of nitrogens with zero attached hydrogens (tertiary/aromatic N) is 1. The van der Waals surface area contributed by atoms with E-state index in [2.05, 4.69) is 15.9 Å². The molecule has 0 saturated heterocycles. The van der Waals surface area contributed by atoms with Gasteiger partial charge in [-0.2, -0.15) is 5.26 Å². The third-order valence-electron chi connectivity index (χ3n) is 1.78. The van der Waals surface area contributed by atoms with Gasteiger partial charge in [0.25, 0.3) is 0 Å².